The highest BCUT2D eigenvalue weighted by atomic mass is 15.2. The largest absolute Gasteiger partial charge is 0.302 e. The van der Waals surface area contributed by atoms with E-state index in [0.717, 1.165) is 17.8 Å². The maximum absolute atomic E-state index is 4.54. The summed E-state index contributed by atoms with van der Waals surface area (Å²) >= 11 is 0. The van der Waals surface area contributed by atoms with Crippen LogP contribution in [0, 0.1) is 0 Å². The Morgan fingerprint density at radius 1 is 1.15 bits per heavy atom. The van der Waals surface area contributed by atoms with E-state index in [2.05, 4.69) is 32.3 Å². The molecule has 2 saturated heterocycles. The van der Waals surface area contributed by atoms with E-state index in [1.165, 1.54) is 38.0 Å². The van der Waals surface area contributed by atoms with Gasteiger partial charge in [0.05, 0.1) is 17.6 Å². The van der Waals surface area contributed by atoms with Gasteiger partial charge in [0.2, 0.25) is 0 Å². The summed E-state index contributed by atoms with van der Waals surface area (Å²) in [4.78, 5) is 2.56. The van der Waals surface area contributed by atoms with Gasteiger partial charge in [-0.05, 0) is 44.5 Å². The number of rotatable bonds is 2. The summed E-state index contributed by atoms with van der Waals surface area (Å²) in [7, 11) is 1.92. The molecule has 5 nitrogen and oxygen atoms in total. The van der Waals surface area contributed by atoms with Crippen LogP contribution in [0.2, 0.25) is 0 Å². The van der Waals surface area contributed by atoms with Crippen molar-refractivity contribution in [1.82, 2.24) is 24.9 Å². The van der Waals surface area contributed by atoms with Crippen LogP contribution in [0.4, 0.5) is 0 Å². The molecule has 2 aromatic heterocycles. The van der Waals surface area contributed by atoms with Crippen molar-refractivity contribution in [3.63, 3.8) is 0 Å². The van der Waals surface area contributed by atoms with E-state index in [9.17, 15) is 0 Å². The van der Waals surface area contributed by atoms with Gasteiger partial charge in [0.25, 0.3) is 0 Å². The van der Waals surface area contributed by atoms with Gasteiger partial charge in [-0.2, -0.15) is 15.3 Å². The zero-order chi connectivity index (χ0) is 13.6. The Hall–Kier alpha value is -1.75. The molecule has 0 spiro atoms. The fourth-order valence-corrected chi connectivity index (χ4v) is 3.65. The lowest BCUT2D eigenvalue weighted by Crippen LogP contribution is -2.37. The predicted molar refractivity (Wildman–Crippen MR) is 76.2 cm³/mol. The Morgan fingerprint density at radius 3 is 2.85 bits per heavy atom. The number of fused-ring (bicyclic) bond motifs is 2. The van der Waals surface area contributed by atoms with E-state index in [0.29, 0.717) is 0 Å². The van der Waals surface area contributed by atoms with Crippen LogP contribution in [0.15, 0.2) is 24.5 Å². The second-order valence-electron chi connectivity index (χ2n) is 6.12. The van der Waals surface area contributed by atoms with Crippen LogP contribution in [0.1, 0.15) is 25.0 Å². The Bertz CT molecular complexity index is 613. The van der Waals surface area contributed by atoms with Gasteiger partial charge >= 0.3 is 0 Å². The van der Waals surface area contributed by atoms with Gasteiger partial charge in [0.15, 0.2) is 0 Å². The van der Waals surface area contributed by atoms with Crippen molar-refractivity contribution in [2.45, 2.75) is 24.7 Å². The zero-order valence-corrected chi connectivity index (χ0v) is 11.8. The Balaban J connectivity index is 1.64. The van der Waals surface area contributed by atoms with E-state index in [4.69, 9.17) is 0 Å². The third kappa shape index (κ3) is 1.85. The Morgan fingerprint density at radius 2 is 2.10 bits per heavy atom. The summed E-state index contributed by atoms with van der Waals surface area (Å²) in [5.41, 5.74) is 3.37. The van der Waals surface area contributed by atoms with Gasteiger partial charge in [-0.3, -0.25) is 4.68 Å². The molecule has 20 heavy (non-hydrogen) atoms. The van der Waals surface area contributed by atoms with Crippen LogP contribution < -0.4 is 0 Å². The maximum atomic E-state index is 4.54. The first-order valence-electron chi connectivity index (χ1n) is 7.31. The molecule has 2 fully saturated rings. The fraction of sp³-hybridized carbons (Fsp3) is 0.533. The van der Waals surface area contributed by atoms with Crippen molar-refractivity contribution in [3.05, 3.63) is 30.2 Å². The summed E-state index contributed by atoms with van der Waals surface area (Å²) in [6.45, 7) is 3.63. The van der Waals surface area contributed by atoms with E-state index in [1.807, 2.05) is 19.4 Å². The SMILES string of the molecule is Cn1cc(-c2ccc([C@@]34CCCN(CC3)C4)nn2)cn1. The summed E-state index contributed by atoms with van der Waals surface area (Å²) < 4.78 is 1.79. The minimum absolute atomic E-state index is 0.263. The molecule has 104 valence electrons. The molecule has 0 aromatic carbocycles. The highest BCUT2D eigenvalue weighted by molar-refractivity contribution is 5.56. The number of piperidine rings is 1. The second-order valence-corrected chi connectivity index (χ2v) is 6.12. The molecule has 2 aromatic rings. The fourth-order valence-electron chi connectivity index (χ4n) is 3.65. The minimum Gasteiger partial charge on any atom is -0.302 e. The molecule has 0 saturated carbocycles. The second kappa shape index (κ2) is 4.38. The molecule has 5 heteroatoms. The molecule has 0 N–H and O–H groups in total. The monoisotopic (exact) mass is 269 g/mol. The molecular formula is C15H19N5. The quantitative estimate of drug-likeness (QED) is 0.831. The van der Waals surface area contributed by atoms with E-state index >= 15 is 0 Å². The summed E-state index contributed by atoms with van der Waals surface area (Å²) in [6, 6.07) is 4.26. The number of aromatic nitrogens is 4. The Kier molecular flexibility index (Phi) is 2.63. The first-order valence-corrected chi connectivity index (χ1v) is 7.31. The van der Waals surface area contributed by atoms with Crippen molar-refractivity contribution < 1.29 is 0 Å². The molecule has 0 aliphatic carbocycles. The van der Waals surface area contributed by atoms with Gasteiger partial charge in [-0.1, -0.05) is 0 Å². The molecule has 2 bridgehead atoms. The molecule has 4 rings (SSSR count). The molecule has 2 aliphatic heterocycles. The van der Waals surface area contributed by atoms with Gasteiger partial charge in [0.1, 0.15) is 0 Å². The van der Waals surface area contributed by atoms with Crippen molar-refractivity contribution in [1.29, 1.82) is 0 Å². The topological polar surface area (TPSA) is 46.8 Å². The lowest BCUT2D eigenvalue weighted by Gasteiger charge is -2.33. The van der Waals surface area contributed by atoms with Crippen molar-refractivity contribution in [3.8, 4) is 11.3 Å². The lowest BCUT2D eigenvalue weighted by atomic mass is 9.78. The summed E-state index contributed by atoms with van der Waals surface area (Å²) in [5.74, 6) is 0. The van der Waals surface area contributed by atoms with Gasteiger partial charge in [0, 0.05) is 30.8 Å². The first kappa shape index (κ1) is 12.0. The molecule has 1 unspecified atom stereocenters. The van der Waals surface area contributed by atoms with Gasteiger partial charge in [-0.25, -0.2) is 0 Å². The van der Waals surface area contributed by atoms with Crippen LogP contribution in [0.25, 0.3) is 11.3 Å². The van der Waals surface area contributed by atoms with Crippen molar-refractivity contribution >= 4 is 0 Å². The van der Waals surface area contributed by atoms with Crippen molar-refractivity contribution in [2.24, 2.45) is 7.05 Å². The summed E-state index contributed by atoms with van der Waals surface area (Å²) in [5, 5.41) is 13.2. The standard InChI is InChI=1S/C15H19N5/c1-19-10-12(9-16-19)13-3-4-14(18-17-13)15-5-2-7-20(11-15)8-6-15/h3-4,9-10H,2,5-8,11H2,1H3/t15-/m0/s1. The highest BCUT2D eigenvalue weighted by Crippen LogP contribution is 2.41. The summed E-state index contributed by atoms with van der Waals surface area (Å²) in [6.07, 6.45) is 7.57. The smallest absolute Gasteiger partial charge is 0.0961 e. The minimum atomic E-state index is 0.263. The molecule has 2 aliphatic rings. The van der Waals surface area contributed by atoms with Crippen molar-refractivity contribution in [2.75, 3.05) is 19.6 Å². The van der Waals surface area contributed by atoms with Gasteiger partial charge in [-0.15, -0.1) is 0 Å². The van der Waals surface area contributed by atoms with E-state index < -0.39 is 0 Å². The molecule has 0 amide bonds. The van der Waals surface area contributed by atoms with E-state index in [-0.39, 0.29) is 5.41 Å². The third-order valence-electron chi connectivity index (χ3n) is 4.77. The molecule has 0 radical (unpaired) electrons. The predicted octanol–water partition coefficient (Wildman–Crippen LogP) is 1.61. The normalized spacial score (nSPS) is 28.8. The average molecular weight is 269 g/mol. The molecule has 4 heterocycles. The van der Waals surface area contributed by atoms with Crippen LogP contribution in [-0.4, -0.2) is 44.5 Å². The maximum Gasteiger partial charge on any atom is 0.0961 e. The van der Waals surface area contributed by atoms with Crippen LogP contribution in [0.3, 0.4) is 0 Å². The van der Waals surface area contributed by atoms with Gasteiger partial charge < -0.3 is 4.90 Å². The van der Waals surface area contributed by atoms with Crippen LogP contribution >= 0.6 is 0 Å². The van der Waals surface area contributed by atoms with E-state index in [1.54, 1.807) is 4.68 Å². The lowest BCUT2D eigenvalue weighted by molar-refractivity contribution is 0.239. The first-order chi connectivity index (χ1) is 9.75. The number of nitrogens with zero attached hydrogens (tertiary/aromatic N) is 5. The number of hydrogen-bond donors (Lipinski definition) is 0. The van der Waals surface area contributed by atoms with Crippen LogP contribution in [0.5, 0.6) is 0 Å². The molecular weight excluding hydrogens is 250 g/mol. The third-order valence-corrected chi connectivity index (χ3v) is 4.77. The average Bonchev–Trinajstić information content (AvgIpc) is 3.04. The van der Waals surface area contributed by atoms with Crippen LogP contribution in [-0.2, 0) is 12.5 Å². The number of aryl methyl sites for hydroxylation is 1. The molecule has 2 atom stereocenters. The number of hydrogen-bond acceptors (Lipinski definition) is 4. The highest BCUT2D eigenvalue weighted by Gasteiger charge is 2.43. The Labute approximate surface area is 118 Å². The zero-order valence-electron chi connectivity index (χ0n) is 11.8.